The second-order valence-electron chi connectivity index (χ2n) is 5.92. The average molecular weight is 282 g/mol. The van der Waals surface area contributed by atoms with Gasteiger partial charge in [-0.1, -0.05) is 19.1 Å². The van der Waals surface area contributed by atoms with Gasteiger partial charge in [-0.25, -0.2) is 9.48 Å². The van der Waals surface area contributed by atoms with Crippen molar-refractivity contribution in [3.05, 3.63) is 12.4 Å². The molecule has 0 unspecified atom stereocenters. The third kappa shape index (κ3) is 5.38. The van der Waals surface area contributed by atoms with Crippen molar-refractivity contribution < 1.29 is 14.3 Å². The molecule has 0 spiro atoms. The Labute approximate surface area is 118 Å². The SMILES string of the molecule is CC(C)[C@@H](NC(=O)Cn1ccnn1)C(=O)OC(C)(C)C. The van der Waals surface area contributed by atoms with Crippen LogP contribution >= 0.6 is 0 Å². The molecule has 1 rings (SSSR count). The molecule has 0 radical (unpaired) electrons. The van der Waals surface area contributed by atoms with E-state index >= 15 is 0 Å². The van der Waals surface area contributed by atoms with E-state index in [4.69, 9.17) is 4.74 Å². The van der Waals surface area contributed by atoms with Crippen LogP contribution in [0.25, 0.3) is 0 Å². The predicted molar refractivity (Wildman–Crippen MR) is 72.6 cm³/mol. The zero-order valence-electron chi connectivity index (χ0n) is 12.6. The van der Waals surface area contributed by atoms with E-state index in [1.807, 2.05) is 13.8 Å². The van der Waals surface area contributed by atoms with Crippen molar-refractivity contribution in [1.82, 2.24) is 20.3 Å². The molecular formula is C13H22N4O3. The fourth-order valence-electron chi connectivity index (χ4n) is 1.55. The van der Waals surface area contributed by atoms with E-state index in [1.54, 1.807) is 27.0 Å². The van der Waals surface area contributed by atoms with E-state index < -0.39 is 17.6 Å². The van der Waals surface area contributed by atoms with E-state index in [-0.39, 0.29) is 18.4 Å². The molecule has 1 N–H and O–H groups in total. The Morgan fingerprint density at radius 1 is 1.35 bits per heavy atom. The number of nitrogens with one attached hydrogen (secondary N) is 1. The van der Waals surface area contributed by atoms with Crippen molar-refractivity contribution >= 4 is 11.9 Å². The Morgan fingerprint density at radius 2 is 2.00 bits per heavy atom. The van der Waals surface area contributed by atoms with Gasteiger partial charge in [-0.05, 0) is 26.7 Å². The lowest BCUT2D eigenvalue weighted by atomic mass is 10.0. The van der Waals surface area contributed by atoms with Crippen LogP contribution in [0.1, 0.15) is 34.6 Å². The minimum Gasteiger partial charge on any atom is -0.458 e. The number of esters is 1. The number of amides is 1. The summed E-state index contributed by atoms with van der Waals surface area (Å²) < 4.78 is 6.70. The van der Waals surface area contributed by atoms with Crippen LogP contribution < -0.4 is 5.32 Å². The van der Waals surface area contributed by atoms with Crippen molar-refractivity contribution in [3.63, 3.8) is 0 Å². The number of aromatic nitrogens is 3. The highest BCUT2D eigenvalue weighted by Gasteiger charge is 2.29. The summed E-state index contributed by atoms with van der Waals surface area (Å²) in [4.78, 5) is 24.0. The van der Waals surface area contributed by atoms with Gasteiger partial charge in [0.25, 0.3) is 0 Å². The van der Waals surface area contributed by atoms with Gasteiger partial charge < -0.3 is 10.1 Å². The molecule has 1 aromatic rings. The monoisotopic (exact) mass is 282 g/mol. The van der Waals surface area contributed by atoms with Gasteiger partial charge in [-0.15, -0.1) is 5.10 Å². The maximum Gasteiger partial charge on any atom is 0.329 e. The van der Waals surface area contributed by atoms with E-state index in [0.29, 0.717) is 0 Å². The zero-order valence-corrected chi connectivity index (χ0v) is 12.6. The molecule has 0 saturated carbocycles. The fraction of sp³-hybridized carbons (Fsp3) is 0.692. The summed E-state index contributed by atoms with van der Waals surface area (Å²) in [6.07, 6.45) is 3.07. The van der Waals surface area contributed by atoms with Gasteiger partial charge in [0.05, 0.1) is 6.20 Å². The van der Waals surface area contributed by atoms with Crippen LogP contribution in [0.3, 0.4) is 0 Å². The third-order valence-electron chi connectivity index (χ3n) is 2.42. The molecule has 0 aliphatic rings. The molecule has 0 aromatic carbocycles. The first-order valence-electron chi connectivity index (χ1n) is 6.55. The molecule has 1 amide bonds. The summed E-state index contributed by atoms with van der Waals surface area (Å²) >= 11 is 0. The number of carbonyl (C=O) groups is 2. The van der Waals surface area contributed by atoms with E-state index in [1.165, 1.54) is 10.9 Å². The van der Waals surface area contributed by atoms with Crippen LogP contribution in [0.2, 0.25) is 0 Å². The quantitative estimate of drug-likeness (QED) is 0.806. The van der Waals surface area contributed by atoms with Gasteiger partial charge in [-0.2, -0.15) is 0 Å². The maximum absolute atomic E-state index is 12.1. The lowest BCUT2D eigenvalue weighted by Gasteiger charge is -2.26. The first-order valence-corrected chi connectivity index (χ1v) is 6.55. The van der Waals surface area contributed by atoms with Crippen LogP contribution in [0.5, 0.6) is 0 Å². The maximum atomic E-state index is 12.1. The Kier molecular flexibility index (Phi) is 5.24. The molecule has 0 aliphatic heterocycles. The van der Waals surface area contributed by atoms with Crippen LogP contribution in [-0.2, 0) is 20.9 Å². The van der Waals surface area contributed by atoms with Crippen LogP contribution in [0, 0.1) is 5.92 Å². The highest BCUT2D eigenvalue weighted by molar-refractivity contribution is 5.84. The van der Waals surface area contributed by atoms with Crippen LogP contribution in [0.15, 0.2) is 12.4 Å². The van der Waals surface area contributed by atoms with Gasteiger partial charge in [0, 0.05) is 6.20 Å². The van der Waals surface area contributed by atoms with E-state index in [2.05, 4.69) is 15.6 Å². The van der Waals surface area contributed by atoms with Gasteiger partial charge >= 0.3 is 5.97 Å². The number of ether oxygens (including phenoxy) is 1. The largest absolute Gasteiger partial charge is 0.458 e. The Hall–Kier alpha value is -1.92. The van der Waals surface area contributed by atoms with Crippen LogP contribution in [-0.4, -0.2) is 38.5 Å². The Balaban J connectivity index is 2.63. The number of hydrogen-bond donors (Lipinski definition) is 1. The first kappa shape index (κ1) is 16.1. The topological polar surface area (TPSA) is 86.1 Å². The number of rotatable bonds is 5. The molecule has 1 heterocycles. The minimum absolute atomic E-state index is 0.0199. The number of nitrogens with zero attached hydrogens (tertiary/aromatic N) is 3. The molecule has 7 nitrogen and oxygen atoms in total. The number of carbonyl (C=O) groups excluding carboxylic acids is 2. The summed E-state index contributed by atoms with van der Waals surface area (Å²) in [7, 11) is 0. The van der Waals surface area contributed by atoms with Gasteiger partial charge in [-0.3, -0.25) is 4.79 Å². The molecule has 0 fully saturated rings. The highest BCUT2D eigenvalue weighted by atomic mass is 16.6. The summed E-state index contributed by atoms with van der Waals surface area (Å²) in [5.74, 6) is -0.802. The van der Waals surface area contributed by atoms with Gasteiger partial charge in [0.15, 0.2) is 0 Å². The standard InChI is InChI=1S/C13H22N4O3/c1-9(2)11(12(19)20-13(3,4)5)15-10(18)8-17-7-6-14-16-17/h6-7,9,11H,8H2,1-5H3,(H,15,18)/t11-/m1/s1. The van der Waals surface area contributed by atoms with E-state index in [9.17, 15) is 9.59 Å². The zero-order chi connectivity index (χ0) is 15.3. The first-order chi connectivity index (χ1) is 9.19. The molecule has 7 heteroatoms. The average Bonchev–Trinajstić information content (AvgIpc) is 2.75. The normalized spacial score (nSPS) is 13.1. The lowest BCUT2D eigenvalue weighted by molar-refractivity contribution is -0.160. The minimum atomic E-state index is -0.676. The van der Waals surface area contributed by atoms with Crippen molar-refractivity contribution in [3.8, 4) is 0 Å². The molecule has 112 valence electrons. The molecule has 1 atom stereocenters. The summed E-state index contributed by atoms with van der Waals surface area (Å²) in [6.45, 7) is 9.10. The predicted octanol–water partition coefficient (Wildman–Crippen LogP) is 0.761. The van der Waals surface area contributed by atoms with Gasteiger partial charge in [0.1, 0.15) is 18.2 Å². The molecular weight excluding hydrogens is 260 g/mol. The summed E-state index contributed by atoms with van der Waals surface area (Å²) in [6, 6.07) is -0.676. The van der Waals surface area contributed by atoms with Gasteiger partial charge in [0.2, 0.25) is 5.91 Å². The Morgan fingerprint density at radius 3 is 2.45 bits per heavy atom. The molecule has 1 aromatic heterocycles. The summed E-state index contributed by atoms with van der Waals surface area (Å²) in [5, 5.41) is 9.99. The van der Waals surface area contributed by atoms with Crippen molar-refractivity contribution in [2.45, 2.75) is 52.8 Å². The lowest BCUT2D eigenvalue weighted by Crippen LogP contribution is -2.48. The van der Waals surface area contributed by atoms with Crippen molar-refractivity contribution in [1.29, 1.82) is 0 Å². The molecule has 0 aliphatic carbocycles. The molecule has 20 heavy (non-hydrogen) atoms. The Bertz CT molecular complexity index is 449. The highest BCUT2D eigenvalue weighted by Crippen LogP contribution is 2.12. The third-order valence-corrected chi connectivity index (χ3v) is 2.42. The smallest absolute Gasteiger partial charge is 0.329 e. The van der Waals surface area contributed by atoms with E-state index in [0.717, 1.165) is 0 Å². The second-order valence-corrected chi connectivity index (χ2v) is 5.92. The fourth-order valence-corrected chi connectivity index (χ4v) is 1.55. The second kappa shape index (κ2) is 6.49. The van der Waals surface area contributed by atoms with Crippen molar-refractivity contribution in [2.75, 3.05) is 0 Å². The molecule has 0 bridgehead atoms. The van der Waals surface area contributed by atoms with Crippen LogP contribution in [0.4, 0.5) is 0 Å². The molecule has 0 saturated heterocycles. The summed E-state index contributed by atoms with van der Waals surface area (Å²) in [5.41, 5.74) is -0.582. The van der Waals surface area contributed by atoms with Crippen molar-refractivity contribution in [2.24, 2.45) is 5.92 Å². The number of hydrogen-bond acceptors (Lipinski definition) is 5.